The Bertz CT molecular complexity index is 626. The Hall–Kier alpha value is -1.80. The number of amides is 1. The third-order valence-electron chi connectivity index (χ3n) is 3.90. The second kappa shape index (κ2) is 5.29. The van der Waals surface area contributed by atoms with E-state index in [-0.39, 0.29) is 17.9 Å². The summed E-state index contributed by atoms with van der Waals surface area (Å²) in [5.74, 6) is 0.192. The number of halogens is 1. The maximum Gasteiger partial charge on any atom is 0.228 e. The van der Waals surface area contributed by atoms with Crippen molar-refractivity contribution in [1.29, 1.82) is 0 Å². The summed E-state index contributed by atoms with van der Waals surface area (Å²) >= 11 is 6.28. The number of benzene rings is 2. The van der Waals surface area contributed by atoms with Gasteiger partial charge in [-0.05, 0) is 17.2 Å². The Morgan fingerprint density at radius 2 is 1.70 bits per heavy atom. The monoisotopic (exact) mass is 285 g/mol. The lowest BCUT2D eigenvalue weighted by Gasteiger charge is -2.46. The molecule has 0 radical (unpaired) electrons. The Morgan fingerprint density at radius 3 is 2.40 bits per heavy atom. The Kier molecular flexibility index (Phi) is 3.49. The molecule has 3 rings (SSSR count). The average Bonchev–Trinajstić information content (AvgIpc) is 2.49. The summed E-state index contributed by atoms with van der Waals surface area (Å²) in [6.07, 6.45) is 0. The molecular formula is C17H16ClNO. The molecule has 0 bridgehead atoms. The van der Waals surface area contributed by atoms with Crippen LogP contribution in [0, 0.1) is 5.92 Å². The van der Waals surface area contributed by atoms with E-state index in [9.17, 15) is 4.79 Å². The van der Waals surface area contributed by atoms with Gasteiger partial charge in [0.25, 0.3) is 0 Å². The molecule has 1 amide bonds. The van der Waals surface area contributed by atoms with Crippen LogP contribution in [0.15, 0.2) is 54.6 Å². The smallest absolute Gasteiger partial charge is 0.228 e. The molecule has 2 aromatic carbocycles. The van der Waals surface area contributed by atoms with Crippen LogP contribution in [0.4, 0.5) is 0 Å². The summed E-state index contributed by atoms with van der Waals surface area (Å²) in [4.78, 5) is 14.0. The number of carbonyl (C=O) groups excluding carboxylic acids is 1. The standard InChI is InChI=1S/C17H16ClNO/c1-12-16(14-9-5-6-10-15(14)18)19(17(12)20)11-13-7-3-2-4-8-13/h2-10,12,16H,11H2,1H3. The largest absolute Gasteiger partial charge is 0.330 e. The Morgan fingerprint density at radius 1 is 1.05 bits per heavy atom. The first-order valence-corrected chi connectivity index (χ1v) is 7.15. The number of rotatable bonds is 3. The second-order valence-electron chi connectivity index (χ2n) is 5.21. The summed E-state index contributed by atoms with van der Waals surface area (Å²) < 4.78 is 0. The van der Waals surface area contributed by atoms with Crippen LogP contribution in [0.2, 0.25) is 5.02 Å². The first kappa shape index (κ1) is 13.2. The maximum absolute atomic E-state index is 12.1. The Labute approximate surface area is 124 Å². The fourth-order valence-corrected chi connectivity index (χ4v) is 3.08. The van der Waals surface area contributed by atoms with Gasteiger partial charge in [0.05, 0.1) is 12.0 Å². The van der Waals surface area contributed by atoms with E-state index in [1.54, 1.807) is 0 Å². The lowest BCUT2D eigenvalue weighted by atomic mass is 9.83. The van der Waals surface area contributed by atoms with Gasteiger partial charge in [0.1, 0.15) is 0 Å². The summed E-state index contributed by atoms with van der Waals surface area (Å²) in [7, 11) is 0. The minimum Gasteiger partial charge on any atom is -0.330 e. The van der Waals surface area contributed by atoms with Crippen LogP contribution >= 0.6 is 11.6 Å². The van der Waals surface area contributed by atoms with E-state index in [0.717, 1.165) is 16.1 Å². The quantitative estimate of drug-likeness (QED) is 0.779. The molecule has 1 aliphatic heterocycles. The van der Waals surface area contributed by atoms with Gasteiger partial charge in [0.2, 0.25) is 5.91 Å². The average molecular weight is 286 g/mol. The molecular weight excluding hydrogens is 270 g/mol. The highest BCUT2D eigenvalue weighted by Crippen LogP contribution is 2.43. The van der Waals surface area contributed by atoms with Gasteiger partial charge >= 0.3 is 0 Å². The number of hydrogen-bond donors (Lipinski definition) is 0. The molecule has 0 saturated carbocycles. The van der Waals surface area contributed by atoms with Crippen molar-refractivity contribution in [2.75, 3.05) is 0 Å². The highest BCUT2D eigenvalue weighted by Gasteiger charge is 2.45. The molecule has 0 aromatic heterocycles. The van der Waals surface area contributed by atoms with E-state index in [0.29, 0.717) is 6.54 Å². The van der Waals surface area contributed by atoms with Crippen LogP contribution in [-0.2, 0) is 11.3 Å². The third-order valence-corrected chi connectivity index (χ3v) is 4.25. The van der Waals surface area contributed by atoms with E-state index in [1.807, 2.05) is 66.4 Å². The van der Waals surface area contributed by atoms with Crippen molar-refractivity contribution in [3.8, 4) is 0 Å². The minimum absolute atomic E-state index is 0.00128. The van der Waals surface area contributed by atoms with Crippen molar-refractivity contribution >= 4 is 17.5 Å². The van der Waals surface area contributed by atoms with Crippen molar-refractivity contribution in [3.63, 3.8) is 0 Å². The van der Waals surface area contributed by atoms with Crippen LogP contribution in [0.3, 0.4) is 0 Å². The first-order chi connectivity index (χ1) is 9.68. The molecule has 0 spiro atoms. The lowest BCUT2D eigenvalue weighted by molar-refractivity contribution is -0.156. The van der Waals surface area contributed by atoms with Crippen molar-refractivity contribution in [2.24, 2.45) is 5.92 Å². The molecule has 2 aromatic rings. The summed E-state index contributed by atoms with van der Waals surface area (Å²) in [5.41, 5.74) is 2.18. The molecule has 1 saturated heterocycles. The molecule has 1 heterocycles. The van der Waals surface area contributed by atoms with E-state index in [1.165, 1.54) is 0 Å². The van der Waals surface area contributed by atoms with Crippen LogP contribution in [0.25, 0.3) is 0 Å². The fraction of sp³-hybridized carbons (Fsp3) is 0.235. The highest BCUT2D eigenvalue weighted by molar-refractivity contribution is 6.31. The van der Waals surface area contributed by atoms with Gasteiger partial charge in [-0.2, -0.15) is 0 Å². The SMILES string of the molecule is CC1C(=O)N(Cc2ccccc2)C1c1ccccc1Cl. The molecule has 2 atom stereocenters. The molecule has 20 heavy (non-hydrogen) atoms. The summed E-state index contributed by atoms with van der Waals surface area (Å²) in [5, 5.41) is 0.731. The number of likely N-dealkylation sites (tertiary alicyclic amines) is 1. The van der Waals surface area contributed by atoms with Gasteiger partial charge in [0.15, 0.2) is 0 Å². The normalized spacial score (nSPS) is 21.7. The topological polar surface area (TPSA) is 20.3 Å². The molecule has 1 fully saturated rings. The van der Waals surface area contributed by atoms with E-state index < -0.39 is 0 Å². The molecule has 102 valence electrons. The van der Waals surface area contributed by atoms with Gasteiger partial charge in [0, 0.05) is 11.6 Å². The second-order valence-corrected chi connectivity index (χ2v) is 5.61. The fourth-order valence-electron chi connectivity index (χ4n) is 2.83. The van der Waals surface area contributed by atoms with Gasteiger partial charge in [-0.3, -0.25) is 4.79 Å². The van der Waals surface area contributed by atoms with Crippen LogP contribution in [0.5, 0.6) is 0 Å². The lowest BCUT2D eigenvalue weighted by Crippen LogP contribution is -2.53. The van der Waals surface area contributed by atoms with Gasteiger partial charge in [-0.25, -0.2) is 0 Å². The van der Waals surface area contributed by atoms with Crippen molar-refractivity contribution in [3.05, 3.63) is 70.7 Å². The van der Waals surface area contributed by atoms with Gasteiger partial charge < -0.3 is 4.90 Å². The molecule has 2 nitrogen and oxygen atoms in total. The molecule has 2 unspecified atom stereocenters. The maximum atomic E-state index is 12.1. The molecule has 0 N–H and O–H groups in total. The van der Waals surface area contributed by atoms with Crippen molar-refractivity contribution in [1.82, 2.24) is 4.90 Å². The van der Waals surface area contributed by atoms with E-state index in [4.69, 9.17) is 11.6 Å². The number of hydrogen-bond acceptors (Lipinski definition) is 1. The first-order valence-electron chi connectivity index (χ1n) is 6.77. The zero-order chi connectivity index (χ0) is 14.1. The summed E-state index contributed by atoms with van der Waals surface area (Å²) in [6, 6.07) is 17.9. The molecule has 3 heteroatoms. The highest BCUT2D eigenvalue weighted by atomic mass is 35.5. The predicted octanol–water partition coefficient (Wildman–Crippen LogP) is 4.06. The van der Waals surface area contributed by atoms with Crippen LogP contribution in [0.1, 0.15) is 24.1 Å². The van der Waals surface area contributed by atoms with Crippen molar-refractivity contribution < 1.29 is 4.79 Å². The van der Waals surface area contributed by atoms with E-state index in [2.05, 4.69) is 0 Å². The predicted molar refractivity (Wildman–Crippen MR) is 80.3 cm³/mol. The minimum atomic E-state index is -0.00128. The zero-order valence-electron chi connectivity index (χ0n) is 11.3. The molecule has 1 aliphatic rings. The van der Waals surface area contributed by atoms with Gasteiger partial charge in [-0.15, -0.1) is 0 Å². The van der Waals surface area contributed by atoms with Gasteiger partial charge in [-0.1, -0.05) is 67.1 Å². The number of carbonyl (C=O) groups is 1. The van der Waals surface area contributed by atoms with E-state index >= 15 is 0 Å². The Balaban J connectivity index is 1.87. The number of nitrogens with zero attached hydrogens (tertiary/aromatic N) is 1. The van der Waals surface area contributed by atoms with Crippen LogP contribution < -0.4 is 0 Å². The molecule has 0 aliphatic carbocycles. The number of β-lactam (4-membered cyclic amide) rings is 1. The third kappa shape index (κ3) is 2.20. The van der Waals surface area contributed by atoms with Crippen LogP contribution in [-0.4, -0.2) is 10.8 Å². The van der Waals surface area contributed by atoms with Crippen molar-refractivity contribution in [2.45, 2.75) is 19.5 Å². The zero-order valence-corrected chi connectivity index (χ0v) is 12.0. The summed E-state index contributed by atoms with van der Waals surface area (Å²) in [6.45, 7) is 2.61.